The predicted molar refractivity (Wildman–Crippen MR) is 119 cm³/mol. The SMILES string of the molecule is Cc1cc(C)cc(N(CC(=O)NC[C@@H]2CCCO2)C(=O)CCC(=O)Nc2cc(C)on2)c1. The summed E-state index contributed by atoms with van der Waals surface area (Å²) in [5.74, 6) is -0.0508. The number of ether oxygens (including phenoxy) is 1. The molecule has 0 radical (unpaired) electrons. The van der Waals surface area contributed by atoms with Crippen LogP contribution in [0.5, 0.6) is 0 Å². The Balaban J connectivity index is 1.62. The Morgan fingerprint density at radius 1 is 1.06 bits per heavy atom. The molecule has 2 heterocycles. The molecule has 1 aliphatic heterocycles. The van der Waals surface area contributed by atoms with E-state index in [1.165, 1.54) is 4.90 Å². The van der Waals surface area contributed by atoms with Crippen molar-refractivity contribution < 1.29 is 23.6 Å². The van der Waals surface area contributed by atoms with Crippen LogP contribution in [-0.2, 0) is 19.1 Å². The van der Waals surface area contributed by atoms with E-state index in [4.69, 9.17) is 9.26 Å². The van der Waals surface area contributed by atoms with E-state index < -0.39 is 0 Å². The number of benzene rings is 1. The van der Waals surface area contributed by atoms with Crippen LogP contribution in [-0.4, -0.2) is 48.7 Å². The Morgan fingerprint density at radius 2 is 1.81 bits per heavy atom. The van der Waals surface area contributed by atoms with Crippen molar-refractivity contribution >= 4 is 29.2 Å². The normalized spacial score (nSPS) is 15.4. The Hall–Kier alpha value is -3.20. The van der Waals surface area contributed by atoms with Gasteiger partial charge in [0.25, 0.3) is 0 Å². The molecule has 0 bridgehead atoms. The molecule has 9 heteroatoms. The van der Waals surface area contributed by atoms with E-state index in [0.29, 0.717) is 30.4 Å². The van der Waals surface area contributed by atoms with E-state index in [-0.39, 0.29) is 43.2 Å². The van der Waals surface area contributed by atoms with Crippen molar-refractivity contribution in [3.05, 3.63) is 41.2 Å². The first-order valence-corrected chi connectivity index (χ1v) is 10.8. The number of aromatic nitrogens is 1. The highest BCUT2D eigenvalue weighted by Crippen LogP contribution is 2.20. The van der Waals surface area contributed by atoms with E-state index in [0.717, 1.165) is 24.0 Å². The highest BCUT2D eigenvalue weighted by atomic mass is 16.5. The highest BCUT2D eigenvalue weighted by molar-refractivity contribution is 6.01. The quantitative estimate of drug-likeness (QED) is 0.617. The largest absolute Gasteiger partial charge is 0.376 e. The maximum Gasteiger partial charge on any atom is 0.240 e. The lowest BCUT2D eigenvalue weighted by atomic mass is 10.1. The van der Waals surface area contributed by atoms with Gasteiger partial charge in [0, 0.05) is 37.7 Å². The zero-order valence-electron chi connectivity index (χ0n) is 18.8. The van der Waals surface area contributed by atoms with Gasteiger partial charge in [-0.2, -0.15) is 0 Å². The monoisotopic (exact) mass is 442 g/mol. The van der Waals surface area contributed by atoms with Crippen LogP contribution in [0.4, 0.5) is 11.5 Å². The summed E-state index contributed by atoms with van der Waals surface area (Å²) in [4.78, 5) is 39.2. The fourth-order valence-electron chi connectivity index (χ4n) is 3.65. The Morgan fingerprint density at radius 3 is 2.44 bits per heavy atom. The van der Waals surface area contributed by atoms with Gasteiger partial charge in [0.05, 0.1) is 6.10 Å². The minimum atomic E-state index is -0.352. The molecule has 0 unspecified atom stereocenters. The Bertz CT molecular complexity index is 945. The molecule has 9 nitrogen and oxygen atoms in total. The number of nitrogens with one attached hydrogen (secondary N) is 2. The topological polar surface area (TPSA) is 114 Å². The second-order valence-corrected chi connectivity index (χ2v) is 8.14. The average molecular weight is 443 g/mol. The molecule has 2 N–H and O–H groups in total. The molecule has 0 aliphatic carbocycles. The first-order valence-electron chi connectivity index (χ1n) is 10.8. The number of carbonyl (C=O) groups excluding carboxylic acids is 3. The van der Waals surface area contributed by atoms with Gasteiger partial charge in [-0.05, 0) is 56.9 Å². The molecule has 3 rings (SSSR count). The minimum absolute atomic E-state index is 0.0215. The zero-order valence-corrected chi connectivity index (χ0v) is 18.8. The second-order valence-electron chi connectivity index (χ2n) is 8.14. The van der Waals surface area contributed by atoms with Gasteiger partial charge >= 0.3 is 0 Å². The Kier molecular flexibility index (Phi) is 7.99. The number of hydrogen-bond donors (Lipinski definition) is 2. The van der Waals surface area contributed by atoms with Gasteiger partial charge in [-0.15, -0.1) is 0 Å². The van der Waals surface area contributed by atoms with Gasteiger partial charge in [-0.3, -0.25) is 14.4 Å². The van der Waals surface area contributed by atoms with Gasteiger partial charge < -0.3 is 24.8 Å². The van der Waals surface area contributed by atoms with Crippen LogP contribution in [0, 0.1) is 20.8 Å². The Labute approximate surface area is 187 Å². The molecule has 0 spiro atoms. The van der Waals surface area contributed by atoms with Crippen molar-refractivity contribution in [1.82, 2.24) is 10.5 Å². The molecular formula is C23H30N4O5. The van der Waals surface area contributed by atoms with Crippen LogP contribution in [0.3, 0.4) is 0 Å². The van der Waals surface area contributed by atoms with Crippen LogP contribution in [0.25, 0.3) is 0 Å². The van der Waals surface area contributed by atoms with Crippen LogP contribution in [0.1, 0.15) is 42.6 Å². The number of rotatable bonds is 9. The van der Waals surface area contributed by atoms with Gasteiger partial charge in [-0.25, -0.2) is 0 Å². The third-order valence-electron chi connectivity index (χ3n) is 5.13. The van der Waals surface area contributed by atoms with E-state index in [2.05, 4.69) is 15.8 Å². The van der Waals surface area contributed by atoms with Crippen LogP contribution < -0.4 is 15.5 Å². The van der Waals surface area contributed by atoms with Crippen LogP contribution in [0.15, 0.2) is 28.8 Å². The third-order valence-corrected chi connectivity index (χ3v) is 5.13. The molecule has 172 valence electrons. The summed E-state index contributed by atoms with van der Waals surface area (Å²) in [7, 11) is 0. The predicted octanol–water partition coefficient (Wildman–Crippen LogP) is 2.65. The molecule has 1 aromatic heterocycles. The van der Waals surface area contributed by atoms with E-state index in [1.54, 1.807) is 13.0 Å². The fraction of sp³-hybridized carbons (Fsp3) is 0.478. The van der Waals surface area contributed by atoms with Gasteiger partial charge in [0.1, 0.15) is 12.3 Å². The molecule has 0 saturated carbocycles. The first-order chi connectivity index (χ1) is 15.3. The number of hydrogen-bond acceptors (Lipinski definition) is 6. The van der Waals surface area contributed by atoms with E-state index in [1.807, 2.05) is 32.0 Å². The fourth-order valence-corrected chi connectivity index (χ4v) is 3.65. The molecule has 1 aliphatic rings. The summed E-state index contributed by atoms with van der Waals surface area (Å²) >= 11 is 0. The summed E-state index contributed by atoms with van der Waals surface area (Å²) in [6.07, 6.45) is 1.84. The summed E-state index contributed by atoms with van der Waals surface area (Å²) in [6, 6.07) is 7.31. The molecule has 1 saturated heterocycles. The van der Waals surface area contributed by atoms with Crippen LogP contribution >= 0.6 is 0 Å². The second kappa shape index (κ2) is 10.9. The first kappa shape index (κ1) is 23.5. The van der Waals surface area contributed by atoms with E-state index >= 15 is 0 Å². The molecule has 1 aromatic carbocycles. The standard InChI is InChI=1S/C23H30N4O5/c1-15-9-16(2)11-18(10-15)27(14-22(29)24-13-19-5-4-8-31-19)23(30)7-6-21(28)25-20-12-17(3)32-26-20/h9-12,19H,4-8,13-14H2,1-3H3,(H,24,29)(H,25,26,28)/t19-/m0/s1. The maximum absolute atomic E-state index is 13.0. The van der Waals surface area contributed by atoms with Gasteiger partial charge in [0.15, 0.2) is 5.82 Å². The number of anilines is 2. The van der Waals surface area contributed by atoms with Crippen LogP contribution in [0.2, 0.25) is 0 Å². The van der Waals surface area contributed by atoms with E-state index in [9.17, 15) is 14.4 Å². The van der Waals surface area contributed by atoms with Crippen molar-refractivity contribution in [3.8, 4) is 0 Å². The smallest absolute Gasteiger partial charge is 0.240 e. The lowest BCUT2D eigenvalue weighted by molar-refractivity contribution is -0.125. The van der Waals surface area contributed by atoms with Gasteiger partial charge in [-0.1, -0.05) is 11.2 Å². The molecule has 1 atom stereocenters. The summed E-state index contributed by atoms with van der Waals surface area (Å²) in [5, 5.41) is 9.16. The molecule has 32 heavy (non-hydrogen) atoms. The summed E-state index contributed by atoms with van der Waals surface area (Å²) in [5.41, 5.74) is 2.60. The number of amides is 3. The molecule has 1 fully saturated rings. The van der Waals surface area contributed by atoms with Crippen molar-refractivity contribution in [2.45, 2.75) is 52.6 Å². The number of carbonyl (C=O) groups is 3. The molecular weight excluding hydrogens is 412 g/mol. The third kappa shape index (κ3) is 6.91. The van der Waals surface area contributed by atoms with Crippen molar-refractivity contribution in [2.75, 3.05) is 29.9 Å². The zero-order chi connectivity index (χ0) is 23.1. The highest BCUT2D eigenvalue weighted by Gasteiger charge is 2.22. The molecule has 3 amide bonds. The van der Waals surface area contributed by atoms with Gasteiger partial charge in [0.2, 0.25) is 17.7 Å². The van der Waals surface area contributed by atoms with Crippen molar-refractivity contribution in [1.29, 1.82) is 0 Å². The molecule has 2 aromatic rings. The average Bonchev–Trinajstić information content (AvgIpc) is 3.39. The lowest BCUT2D eigenvalue weighted by Crippen LogP contribution is -2.43. The maximum atomic E-state index is 13.0. The van der Waals surface area contributed by atoms with Crippen molar-refractivity contribution in [2.24, 2.45) is 0 Å². The summed E-state index contributed by atoms with van der Waals surface area (Å²) < 4.78 is 10.5. The lowest BCUT2D eigenvalue weighted by Gasteiger charge is -2.24. The number of nitrogens with zero attached hydrogens (tertiary/aromatic N) is 2. The number of aryl methyl sites for hydroxylation is 3. The summed E-state index contributed by atoms with van der Waals surface area (Å²) in [6.45, 7) is 6.60. The minimum Gasteiger partial charge on any atom is -0.376 e. The van der Waals surface area contributed by atoms with Crippen molar-refractivity contribution in [3.63, 3.8) is 0 Å².